The average Bonchev–Trinajstić information content (AvgIpc) is 3.57. The van der Waals surface area contributed by atoms with Crippen molar-refractivity contribution >= 4 is 29.4 Å². The Hall–Kier alpha value is -4.68. The van der Waals surface area contributed by atoms with Crippen LogP contribution in [0.5, 0.6) is 0 Å². The Labute approximate surface area is 204 Å². The first kappa shape index (κ1) is 22.1. The second kappa shape index (κ2) is 9.29. The molecule has 8 nitrogen and oxygen atoms in total. The number of imide groups is 1. The van der Waals surface area contributed by atoms with E-state index in [0.29, 0.717) is 34.5 Å². The van der Waals surface area contributed by atoms with Crippen LogP contribution in [0.1, 0.15) is 27.3 Å². The average molecular weight is 482 g/mol. The summed E-state index contributed by atoms with van der Waals surface area (Å²) in [4.78, 5) is 41.2. The zero-order valence-corrected chi connectivity index (χ0v) is 19.2. The highest BCUT2D eigenvalue weighted by Crippen LogP contribution is 2.21. The molecule has 0 unspecified atom stereocenters. The maximum atomic E-state index is 13.4. The summed E-state index contributed by atoms with van der Waals surface area (Å²) >= 11 is 1.56. The van der Waals surface area contributed by atoms with Gasteiger partial charge in [0.2, 0.25) is 0 Å². The lowest BCUT2D eigenvalue weighted by Crippen LogP contribution is -2.30. The molecule has 172 valence electrons. The third kappa shape index (κ3) is 4.30. The molecule has 5 rings (SSSR count). The van der Waals surface area contributed by atoms with E-state index in [1.54, 1.807) is 47.7 Å². The summed E-state index contributed by atoms with van der Waals surface area (Å²) in [6.45, 7) is -0.0465. The fourth-order valence-corrected chi connectivity index (χ4v) is 4.64. The molecule has 3 amide bonds. The molecule has 35 heavy (non-hydrogen) atoms. The molecular formula is C26H19N5O3S. The third-order valence-electron chi connectivity index (χ3n) is 5.67. The van der Waals surface area contributed by atoms with Gasteiger partial charge in [-0.05, 0) is 41.3 Å². The molecule has 3 heterocycles. The second-order valence-electron chi connectivity index (χ2n) is 7.88. The third-order valence-corrected chi connectivity index (χ3v) is 6.54. The molecule has 0 aliphatic carbocycles. The van der Waals surface area contributed by atoms with Gasteiger partial charge in [-0.2, -0.15) is 5.26 Å². The fourth-order valence-electron chi connectivity index (χ4n) is 3.92. The Bertz CT molecular complexity index is 1540. The van der Waals surface area contributed by atoms with Crippen molar-refractivity contribution in [1.82, 2.24) is 20.0 Å². The smallest absolute Gasteiger partial charge is 0.303 e. The Morgan fingerprint density at radius 1 is 0.971 bits per heavy atom. The molecule has 1 fully saturated rings. The largest absolute Gasteiger partial charge is 0.329 e. The summed E-state index contributed by atoms with van der Waals surface area (Å²) in [5.41, 5.74) is 2.21. The van der Waals surface area contributed by atoms with E-state index >= 15 is 0 Å². The highest BCUT2D eigenvalue weighted by molar-refractivity contribution is 7.09. The van der Waals surface area contributed by atoms with Gasteiger partial charge in [0.15, 0.2) is 0 Å². The number of benzene rings is 2. The van der Waals surface area contributed by atoms with Crippen LogP contribution in [-0.2, 0) is 17.8 Å². The molecule has 4 aromatic rings. The highest BCUT2D eigenvalue weighted by atomic mass is 32.1. The summed E-state index contributed by atoms with van der Waals surface area (Å²) in [5, 5.41) is 17.0. The van der Waals surface area contributed by atoms with E-state index in [-0.39, 0.29) is 17.8 Å². The van der Waals surface area contributed by atoms with E-state index in [9.17, 15) is 19.6 Å². The summed E-state index contributed by atoms with van der Waals surface area (Å²) < 4.78 is 1.43. The Balaban J connectivity index is 1.52. The number of urea groups is 1. The van der Waals surface area contributed by atoms with Gasteiger partial charge >= 0.3 is 6.03 Å². The molecule has 0 spiro atoms. The Kier molecular flexibility index (Phi) is 5.87. The molecule has 0 saturated carbocycles. The van der Waals surface area contributed by atoms with Gasteiger partial charge in [0.05, 0.1) is 35.1 Å². The lowest BCUT2D eigenvalue weighted by atomic mass is 10.1. The van der Waals surface area contributed by atoms with Gasteiger partial charge in [-0.3, -0.25) is 19.6 Å². The number of hydrogen-bond acceptors (Lipinski definition) is 5. The van der Waals surface area contributed by atoms with Crippen molar-refractivity contribution in [2.24, 2.45) is 0 Å². The number of para-hydroxylation sites is 1. The number of nitrogens with zero attached hydrogens (tertiary/aromatic N) is 3. The number of thiophene rings is 1. The molecule has 2 aromatic heterocycles. The van der Waals surface area contributed by atoms with Gasteiger partial charge < -0.3 is 5.32 Å². The van der Waals surface area contributed by atoms with E-state index in [4.69, 9.17) is 0 Å². The molecule has 9 heteroatoms. The zero-order valence-electron chi connectivity index (χ0n) is 18.4. The minimum atomic E-state index is -0.604. The maximum absolute atomic E-state index is 13.4. The number of nitriles is 1. The SMILES string of the molecule is N#Cc1ccccc1CN1C(=O)NC(=Cc2c(Cc3cccs3)[nH]n(-c3ccccc3)c2=O)C1=O. The first-order valence-electron chi connectivity index (χ1n) is 10.8. The van der Waals surface area contributed by atoms with Crippen LogP contribution >= 0.6 is 11.3 Å². The number of carbonyl (C=O) groups is 2. The van der Waals surface area contributed by atoms with Crippen LogP contribution in [0, 0.1) is 11.3 Å². The predicted molar refractivity (Wildman–Crippen MR) is 132 cm³/mol. The van der Waals surface area contributed by atoms with Crippen molar-refractivity contribution < 1.29 is 9.59 Å². The van der Waals surface area contributed by atoms with Crippen molar-refractivity contribution in [2.45, 2.75) is 13.0 Å². The van der Waals surface area contributed by atoms with Crippen LogP contribution in [0.25, 0.3) is 11.8 Å². The van der Waals surface area contributed by atoms with Crippen molar-refractivity contribution in [2.75, 3.05) is 0 Å². The number of aromatic nitrogens is 2. The van der Waals surface area contributed by atoms with Crippen LogP contribution in [0.4, 0.5) is 4.79 Å². The van der Waals surface area contributed by atoms with Crippen LogP contribution in [-0.4, -0.2) is 26.6 Å². The zero-order chi connectivity index (χ0) is 24.4. The number of rotatable bonds is 6. The molecule has 2 aromatic carbocycles. The van der Waals surface area contributed by atoms with Gasteiger partial charge in [0, 0.05) is 11.3 Å². The number of hydrogen-bond donors (Lipinski definition) is 2. The molecule has 1 aliphatic heterocycles. The van der Waals surface area contributed by atoms with Gasteiger partial charge in [-0.15, -0.1) is 11.3 Å². The van der Waals surface area contributed by atoms with Crippen molar-refractivity contribution in [3.05, 3.63) is 115 Å². The standard InChI is InChI=1S/C26H19N5O3S/c27-15-17-7-4-5-8-18(17)16-30-25(33)23(28-26(30)34)14-21-22(13-20-11-6-12-35-20)29-31(24(21)32)19-9-2-1-3-10-19/h1-12,14,29H,13,16H2,(H,28,34). The number of amides is 3. The van der Waals surface area contributed by atoms with E-state index in [1.165, 1.54) is 10.8 Å². The molecule has 0 radical (unpaired) electrons. The van der Waals surface area contributed by atoms with E-state index in [1.807, 2.05) is 35.7 Å². The monoisotopic (exact) mass is 481 g/mol. The van der Waals surface area contributed by atoms with Crippen LogP contribution in [0.3, 0.4) is 0 Å². The Morgan fingerprint density at radius 3 is 2.49 bits per heavy atom. The Morgan fingerprint density at radius 2 is 1.74 bits per heavy atom. The first-order valence-corrected chi connectivity index (χ1v) is 11.7. The minimum Gasteiger partial charge on any atom is -0.303 e. The number of nitrogens with one attached hydrogen (secondary N) is 2. The first-order chi connectivity index (χ1) is 17.0. The minimum absolute atomic E-state index is 0.00757. The van der Waals surface area contributed by atoms with E-state index in [2.05, 4.69) is 16.5 Å². The van der Waals surface area contributed by atoms with Crippen LogP contribution in [0.2, 0.25) is 0 Å². The van der Waals surface area contributed by atoms with Crippen molar-refractivity contribution in [1.29, 1.82) is 5.26 Å². The number of H-pyrrole nitrogens is 1. The summed E-state index contributed by atoms with van der Waals surface area (Å²) in [6, 6.07) is 21.3. The van der Waals surface area contributed by atoms with Crippen LogP contribution < -0.4 is 10.9 Å². The summed E-state index contributed by atoms with van der Waals surface area (Å²) in [5.74, 6) is -0.559. The second-order valence-corrected chi connectivity index (χ2v) is 8.92. The molecule has 2 N–H and O–H groups in total. The molecule has 1 aliphatic rings. The van der Waals surface area contributed by atoms with Crippen molar-refractivity contribution in [3.63, 3.8) is 0 Å². The predicted octanol–water partition coefficient (Wildman–Crippen LogP) is 3.78. The highest BCUT2D eigenvalue weighted by Gasteiger charge is 2.34. The van der Waals surface area contributed by atoms with E-state index in [0.717, 1.165) is 9.78 Å². The molecular weight excluding hydrogens is 462 g/mol. The normalized spacial score (nSPS) is 14.4. The number of carbonyl (C=O) groups excluding carboxylic acids is 2. The fraction of sp³-hybridized carbons (Fsp3) is 0.0769. The maximum Gasteiger partial charge on any atom is 0.329 e. The molecule has 0 bridgehead atoms. The summed E-state index contributed by atoms with van der Waals surface area (Å²) in [7, 11) is 0. The van der Waals surface area contributed by atoms with Crippen LogP contribution in [0.15, 0.2) is 82.6 Å². The lowest BCUT2D eigenvalue weighted by Gasteiger charge is -2.12. The molecule has 0 atom stereocenters. The van der Waals surface area contributed by atoms with Gasteiger partial charge in [-0.25, -0.2) is 9.48 Å². The van der Waals surface area contributed by atoms with Gasteiger partial charge in [0.25, 0.3) is 11.5 Å². The molecule has 1 saturated heterocycles. The van der Waals surface area contributed by atoms with Gasteiger partial charge in [0.1, 0.15) is 5.70 Å². The summed E-state index contributed by atoms with van der Waals surface area (Å²) in [6.07, 6.45) is 1.89. The van der Waals surface area contributed by atoms with Crippen molar-refractivity contribution in [3.8, 4) is 11.8 Å². The lowest BCUT2D eigenvalue weighted by molar-refractivity contribution is -0.123. The quantitative estimate of drug-likeness (QED) is 0.322. The topological polar surface area (TPSA) is 111 Å². The number of aromatic amines is 1. The van der Waals surface area contributed by atoms with E-state index < -0.39 is 11.9 Å². The van der Waals surface area contributed by atoms with Gasteiger partial charge in [-0.1, -0.05) is 42.5 Å².